The minimum Gasteiger partial charge on any atom is -0.466 e. The van der Waals surface area contributed by atoms with E-state index in [1.165, 1.54) is 12.1 Å². The summed E-state index contributed by atoms with van der Waals surface area (Å²) in [5.41, 5.74) is 3.54. The lowest BCUT2D eigenvalue weighted by Gasteiger charge is -2.12. The van der Waals surface area contributed by atoms with E-state index in [1.807, 2.05) is 24.3 Å². The number of carbonyl (C=O) groups excluding carboxylic acids is 1. The second-order valence-corrected chi connectivity index (χ2v) is 6.33. The Labute approximate surface area is 151 Å². The van der Waals surface area contributed by atoms with E-state index >= 15 is 0 Å². The predicted molar refractivity (Wildman–Crippen MR) is 99.8 cm³/mol. The molecule has 3 rings (SSSR count). The third kappa shape index (κ3) is 3.99. The minimum absolute atomic E-state index is 0.116. The Morgan fingerprint density at radius 2 is 1.96 bits per heavy atom. The fourth-order valence-corrected chi connectivity index (χ4v) is 3.17. The van der Waals surface area contributed by atoms with Gasteiger partial charge in [0.2, 0.25) is 0 Å². The number of rotatable bonds is 4. The second-order valence-electron chi connectivity index (χ2n) is 5.81. The molecule has 1 aliphatic rings. The summed E-state index contributed by atoms with van der Waals surface area (Å²) in [7, 11) is 0. The molecule has 1 aliphatic heterocycles. The SMILES string of the molecule is CCOC(=O)CC1N=C(c2ccc(F)cc2)c2ccccc2CC1=S. The number of aliphatic imine (C=N–C) groups is 1. The molecule has 1 heterocycles. The van der Waals surface area contributed by atoms with E-state index in [-0.39, 0.29) is 18.2 Å². The lowest BCUT2D eigenvalue weighted by molar-refractivity contribution is -0.143. The highest BCUT2D eigenvalue weighted by molar-refractivity contribution is 7.80. The molecule has 2 aromatic carbocycles. The van der Waals surface area contributed by atoms with Crippen molar-refractivity contribution in [1.29, 1.82) is 0 Å². The molecule has 25 heavy (non-hydrogen) atoms. The first-order chi connectivity index (χ1) is 12.1. The van der Waals surface area contributed by atoms with Crippen molar-refractivity contribution in [1.82, 2.24) is 0 Å². The van der Waals surface area contributed by atoms with Crippen LogP contribution < -0.4 is 0 Å². The summed E-state index contributed by atoms with van der Waals surface area (Å²) in [6.45, 7) is 2.10. The average Bonchev–Trinajstić information content (AvgIpc) is 2.73. The van der Waals surface area contributed by atoms with Gasteiger partial charge in [-0.1, -0.05) is 36.5 Å². The number of ether oxygens (including phenoxy) is 1. The van der Waals surface area contributed by atoms with Gasteiger partial charge in [-0.05, 0) is 36.8 Å². The summed E-state index contributed by atoms with van der Waals surface area (Å²) >= 11 is 5.54. The van der Waals surface area contributed by atoms with Crippen LogP contribution >= 0.6 is 12.2 Å². The molecule has 0 fully saturated rings. The Kier molecular flexibility index (Phi) is 5.34. The Morgan fingerprint density at radius 3 is 2.68 bits per heavy atom. The molecule has 1 atom stereocenters. The third-order valence-corrected chi connectivity index (χ3v) is 4.49. The molecule has 0 saturated carbocycles. The standard InChI is InChI=1S/C20H18FNO2S/c1-2-24-19(23)12-17-18(25)11-14-5-3-4-6-16(14)20(22-17)13-7-9-15(21)10-8-13/h3-10,17H,2,11-12H2,1H3. The van der Waals surface area contributed by atoms with E-state index in [1.54, 1.807) is 19.1 Å². The van der Waals surface area contributed by atoms with Gasteiger partial charge < -0.3 is 4.74 Å². The number of esters is 1. The van der Waals surface area contributed by atoms with Crippen molar-refractivity contribution >= 4 is 28.8 Å². The summed E-state index contributed by atoms with van der Waals surface area (Å²) in [6.07, 6.45) is 0.690. The van der Waals surface area contributed by atoms with Gasteiger partial charge in [0.25, 0.3) is 0 Å². The van der Waals surface area contributed by atoms with Gasteiger partial charge in [0, 0.05) is 22.4 Å². The number of fused-ring (bicyclic) bond motifs is 1. The summed E-state index contributed by atoms with van der Waals surface area (Å²) in [5, 5.41) is 0. The smallest absolute Gasteiger partial charge is 0.308 e. The van der Waals surface area contributed by atoms with Gasteiger partial charge in [0.1, 0.15) is 5.82 Å². The molecule has 0 N–H and O–H groups in total. The van der Waals surface area contributed by atoms with Crippen molar-refractivity contribution in [2.75, 3.05) is 6.61 Å². The quantitative estimate of drug-likeness (QED) is 0.616. The van der Waals surface area contributed by atoms with Crippen LogP contribution in [0.5, 0.6) is 0 Å². The number of halogens is 1. The largest absolute Gasteiger partial charge is 0.466 e. The topological polar surface area (TPSA) is 38.7 Å². The number of hydrogen-bond acceptors (Lipinski definition) is 4. The van der Waals surface area contributed by atoms with Crippen LogP contribution in [0.3, 0.4) is 0 Å². The van der Waals surface area contributed by atoms with E-state index in [0.29, 0.717) is 17.9 Å². The van der Waals surface area contributed by atoms with Crippen LogP contribution in [0.1, 0.15) is 30.0 Å². The van der Waals surface area contributed by atoms with Gasteiger partial charge in [0.15, 0.2) is 0 Å². The van der Waals surface area contributed by atoms with Crippen LogP contribution in [0.4, 0.5) is 4.39 Å². The van der Waals surface area contributed by atoms with Crippen molar-refractivity contribution in [3.63, 3.8) is 0 Å². The van der Waals surface area contributed by atoms with Gasteiger partial charge in [0.05, 0.1) is 24.8 Å². The molecule has 0 spiro atoms. The molecule has 0 bridgehead atoms. The minimum atomic E-state index is -0.429. The van der Waals surface area contributed by atoms with Gasteiger partial charge >= 0.3 is 5.97 Å². The van der Waals surface area contributed by atoms with E-state index in [9.17, 15) is 9.18 Å². The van der Waals surface area contributed by atoms with Crippen molar-refractivity contribution in [3.05, 3.63) is 71.0 Å². The van der Waals surface area contributed by atoms with Crippen molar-refractivity contribution in [3.8, 4) is 0 Å². The molecular formula is C20H18FNO2S. The maximum absolute atomic E-state index is 13.3. The summed E-state index contributed by atoms with van der Waals surface area (Å²) in [6, 6.07) is 13.7. The maximum atomic E-state index is 13.3. The Morgan fingerprint density at radius 1 is 1.24 bits per heavy atom. The van der Waals surface area contributed by atoms with Crippen molar-refractivity contribution in [2.45, 2.75) is 25.8 Å². The monoisotopic (exact) mass is 355 g/mol. The normalized spacial score (nSPS) is 16.6. The Hall–Kier alpha value is -2.40. The van der Waals surface area contributed by atoms with E-state index in [2.05, 4.69) is 0 Å². The van der Waals surface area contributed by atoms with Crippen molar-refractivity contribution < 1.29 is 13.9 Å². The molecule has 0 aromatic heterocycles. The van der Waals surface area contributed by atoms with Gasteiger partial charge in [-0.2, -0.15) is 0 Å². The lowest BCUT2D eigenvalue weighted by atomic mass is 9.96. The van der Waals surface area contributed by atoms with Crippen molar-refractivity contribution in [2.24, 2.45) is 4.99 Å². The maximum Gasteiger partial charge on any atom is 0.308 e. The molecule has 0 amide bonds. The first-order valence-corrected chi connectivity index (χ1v) is 8.59. The molecular weight excluding hydrogens is 337 g/mol. The van der Waals surface area contributed by atoms with Gasteiger partial charge in [-0.3, -0.25) is 9.79 Å². The van der Waals surface area contributed by atoms with E-state index < -0.39 is 6.04 Å². The second kappa shape index (κ2) is 7.66. The number of thiocarbonyl (C=S) groups is 1. The lowest BCUT2D eigenvalue weighted by Crippen LogP contribution is -2.23. The zero-order valence-corrected chi connectivity index (χ0v) is 14.7. The van der Waals surface area contributed by atoms with E-state index in [0.717, 1.165) is 22.4 Å². The molecule has 5 heteroatoms. The molecule has 3 nitrogen and oxygen atoms in total. The number of carbonyl (C=O) groups is 1. The summed E-state index contributed by atoms with van der Waals surface area (Å²) in [5.74, 6) is -0.618. The average molecular weight is 355 g/mol. The van der Waals surface area contributed by atoms with E-state index in [4.69, 9.17) is 21.9 Å². The van der Waals surface area contributed by atoms with Crippen LogP contribution in [-0.4, -0.2) is 29.2 Å². The fraction of sp³-hybridized carbons (Fsp3) is 0.250. The molecule has 2 aromatic rings. The molecule has 128 valence electrons. The first kappa shape index (κ1) is 17.4. The molecule has 0 aliphatic carbocycles. The number of nitrogens with zero attached hydrogens (tertiary/aromatic N) is 1. The van der Waals surface area contributed by atoms with Crippen LogP contribution in [0.25, 0.3) is 0 Å². The summed E-state index contributed by atoms with van der Waals surface area (Å²) in [4.78, 5) is 17.4. The third-order valence-electron chi connectivity index (χ3n) is 4.08. The molecule has 0 saturated heterocycles. The van der Waals surface area contributed by atoms with Crippen LogP contribution in [0.15, 0.2) is 53.5 Å². The fourth-order valence-electron chi connectivity index (χ4n) is 2.88. The highest BCUT2D eigenvalue weighted by atomic mass is 32.1. The van der Waals surface area contributed by atoms with Crippen LogP contribution in [0, 0.1) is 5.82 Å². The highest BCUT2D eigenvalue weighted by Crippen LogP contribution is 2.24. The Balaban J connectivity index is 2.06. The first-order valence-electron chi connectivity index (χ1n) is 8.19. The number of hydrogen-bond donors (Lipinski definition) is 0. The Bertz CT molecular complexity index is 830. The molecule has 1 unspecified atom stereocenters. The van der Waals surface area contributed by atoms with Crippen LogP contribution in [0.2, 0.25) is 0 Å². The predicted octanol–water partition coefficient (Wildman–Crippen LogP) is 3.91. The summed E-state index contributed by atoms with van der Waals surface area (Å²) < 4.78 is 18.4. The number of benzene rings is 2. The zero-order chi connectivity index (χ0) is 17.8. The van der Waals surface area contributed by atoms with Gasteiger partial charge in [-0.25, -0.2) is 4.39 Å². The van der Waals surface area contributed by atoms with Gasteiger partial charge in [-0.15, -0.1) is 0 Å². The highest BCUT2D eigenvalue weighted by Gasteiger charge is 2.25. The zero-order valence-electron chi connectivity index (χ0n) is 13.9. The van der Waals surface area contributed by atoms with Crippen LogP contribution in [-0.2, 0) is 16.0 Å². The molecule has 0 radical (unpaired) electrons.